The molecule has 0 saturated heterocycles. The molecule has 0 aromatic heterocycles. The molecule has 0 spiro atoms. The number of ether oxygens (including phenoxy) is 2. The summed E-state index contributed by atoms with van der Waals surface area (Å²) in [5, 5.41) is 0. The molecule has 100 valence electrons. The van der Waals surface area contributed by atoms with Crippen LogP contribution in [-0.4, -0.2) is 20.2 Å². The molecule has 4 heteroatoms. The molecule has 2 atom stereocenters. The number of esters is 1. The lowest BCUT2D eigenvalue weighted by molar-refractivity contribution is -0.147. The monoisotopic (exact) mass is 251 g/mol. The van der Waals surface area contributed by atoms with Crippen LogP contribution in [-0.2, 0) is 9.53 Å². The van der Waals surface area contributed by atoms with Crippen molar-refractivity contribution in [1.82, 2.24) is 0 Å². The molecule has 0 aliphatic carbocycles. The average molecular weight is 251 g/mol. The van der Waals surface area contributed by atoms with Gasteiger partial charge in [-0.15, -0.1) is 0 Å². The van der Waals surface area contributed by atoms with Crippen molar-refractivity contribution in [2.75, 3.05) is 14.2 Å². The summed E-state index contributed by atoms with van der Waals surface area (Å²) in [4.78, 5) is 11.8. The van der Waals surface area contributed by atoms with Crippen LogP contribution >= 0.6 is 0 Å². The summed E-state index contributed by atoms with van der Waals surface area (Å²) >= 11 is 0. The van der Waals surface area contributed by atoms with Gasteiger partial charge in [0.1, 0.15) is 5.75 Å². The van der Waals surface area contributed by atoms with Crippen LogP contribution in [0, 0.1) is 11.8 Å². The van der Waals surface area contributed by atoms with Gasteiger partial charge in [-0.3, -0.25) is 4.79 Å². The molecule has 0 aliphatic rings. The minimum Gasteiger partial charge on any atom is -0.497 e. The highest BCUT2D eigenvalue weighted by Crippen LogP contribution is 2.29. The predicted molar refractivity (Wildman–Crippen MR) is 70.3 cm³/mol. The van der Waals surface area contributed by atoms with E-state index in [0.717, 1.165) is 11.3 Å². The van der Waals surface area contributed by atoms with E-state index in [0.29, 0.717) is 0 Å². The van der Waals surface area contributed by atoms with Gasteiger partial charge in [-0.2, -0.15) is 0 Å². The van der Waals surface area contributed by atoms with Crippen LogP contribution in [0.15, 0.2) is 24.3 Å². The third-order valence-electron chi connectivity index (χ3n) is 3.06. The first-order valence-electron chi connectivity index (χ1n) is 5.98. The van der Waals surface area contributed by atoms with E-state index in [1.165, 1.54) is 7.11 Å². The highest BCUT2D eigenvalue weighted by Gasteiger charge is 2.30. The molecule has 1 aromatic carbocycles. The Labute approximate surface area is 108 Å². The second-order valence-corrected chi connectivity index (χ2v) is 4.60. The SMILES string of the molecule is COC(=O)C(C(C)C)C(N)c1cccc(OC)c1. The maximum Gasteiger partial charge on any atom is 0.310 e. The van der Waals surface area contributed by atoms with Gasteiger partial charge in [0.2, 0.25) is 0 Å². The van der Waals surface area contributed by atoms with Gasteiger partial charge in [0.05, 0.1) is 20.1 Å². The normalized spacial score (nSPS) is 14.1. The molecule has 0 fully saturated rings. The summed E-state index contributed by atoms with van der Waals surface area (Å²) in [6.07, 6.45) is 0. The minimum absolute atomic E-state index is 0.110. The average Bonchev–Trinajstić information content (AvgIpc) is 2.38. The third-order valence-corrected chi connectivity index (χ3v) is 3.06. The second kappa shape index (κ2) is 6.40. The van der Waals surface area contributed by atoms with Crippen molar-refractivity contribution in [3.05, 3.63) is 29.8 Å². The smallest absolute Gasteiger partial charge is 0.310 e. The van der Waals surface area contributed by atoms with Crippen LogP contribution in [0.2, 0.25) is 0 Å². The molecule has 0 aliphatic heterocycles. The van der Waals surface area contributed by atoms with Crippen molar-refractivity contribution >= 4 is 5.97 Å². The van der Waals surface area contributed by atoms with Gasteiger partial charge >= 0.3 is 5.97 Å². The lowest BCUT2D eigenvalue weighted by atomic mass is 9.85. The first kappa shape index (κ1) is 14.5. The third kappa shape index (κ3) is 3.23. The zero-order chi connectivity index (χ0) is 13.7. The summed E-state index contributed by atoms with van der Waals surface area (Å²) in [5.74, 6) is 0.205. The standard InChI is InChI=1S/C14H21NO3/c1-9(2)12(14(16)18-4)13(15)10-6-5-7-11(8-10)17-3/h5-9,12-13H,15H2,1-4H3. The molecule has 1 aromatic rings. The Balaban J connectivity index is 3.01. The van der Waals surface area contributed by atoms with E-state index < -0.39 is 6.04 Å². The van der Waals surface area contributed by atoms with Crippen LogP contribution in [0.5, 0.6) is 5.75 Å². The summed E-state index contributed by atoms with van der Waals surface area (Å²) in [6, 6.07) is 7.06. The fourth-order valence-electron chi connectivity index (χ4n) is 2.03. The van der Waals surface area contributed by atoms with Crippen molar-refractivity contribution in [2.45, 2.75) is 19.9 Å². The van der Waals surface area contributed by atoms with Gasteiger partial charge in [-0.1, -0.05) is 26.0 Å². The molecule has 4 nitrogen and oxygen atoms in total. The molecular weight excluding hydrogens is 230 g/mol. The number of hydrogen-bond donors (Lipinski definition) is 1. The Morgan fingerprint density at radius 1 is 1.28 bits per heavy atom. The minimum atomic E-state index is -0.396. The van der Waals surface area contributed by atoms with Crippen molar-refractivity contribution in [3.63, 3.8) is 0 Å². The Bertz CT molecular complexity index is 404. The first-order chi connectivity index (χ1) is 8.51. The molecule has 0 heterocycles. The lowest BCUT2D eigenvalue weighted by Crippen LogP contribution is -2.33. The highest BCUT2D eigenvalue weighted by atomic mass is 16.5. The summed E-state index contributed by atoms with van der Waals surface area (Å²) in [7, 11) is 2.99. The van der Waals surface area contributed by atoms with E-state index in [2.05, 4.69) is 0 Å². The molecule has 2 unspecified atom stereocenters. The van der Waals surface area contributed by atoms with Crippen molar-refractivity contribution < 1.29 is 14.3 Å². The second-order valence-electron chi connectivity index (χ2n) is 4.60. The Hall–Kier alpha value is -1.55. The van der Waals surface area contributed by atoms with Crippen LogP contribution < -0.4 is 10.5 Å². The summed E-state index contributed by atoms with van der Waals surface area (Å²) < 4.78 is 9.98. The van der Waals surface area contributed by atoms with Gasteiger partial charge in [0.15, 0.2) is 0 Å². The number of benzene rings is 1. The van der Waals surface area contributed by atoms with E-state index in [1.54, 1.807) is 7.11 Å². The zero-order valence-electron chi connectivity index (χ0n) is 11.3. The molecule has 18 heavy (non-hydrogen) atoms. The molecule has 0 saturated carbocycles. The molecule has 2 N–H and O–H groups in total. The Morgan fingerprint density at radius 3 is 2.44 bits per heavy atom. The zero-order valence-corrected chi connectivity index (χ0v) is 11.3. The van der Waals surface area contributed by atoms with Crippen LogP contribution in [0.1, 0.15) is 25.5 Å². The van der Waals surface area contributed by atoms with Crippen molar-refractivity contribution in [3.8, 4) is 5.75 Å². The molecule has 0 amide bonds. The van der Waals surface area contributed by atoms with Crippen LogP contribution in [0.4, 0.5) is 0 Å². The number of carbonyl (C=O) groups excluding carboxylic acids is 1. The Morgan fingerprint density at radius 2 is 1.94 bits per heavy atom. The summed E-state index contributed by atoms with van der Waals surface area (Å²) in [6.45, 7) is 3.92. The van der Waals surface area contributed by atoms with Crippen LogP contribution in [0.25, 0.3) is 0 Å². The van der Waals surface area contributed by atoms with Gasteiger partial charge in [0, 0.05) is 6.04 Å². The highest BCUT2D eigenvalue weighted by molar-refractivity contribution is 5.73. The molecular formula is C14H21NO3. The summed E-state index contributed by atoms with van der Waals surface area (Å²) in [5.41, 5.74) is 7.06. The van der Waals surface area contributed by atoms with E-state index in [1.807, 2.05) is 38.1 Å². The Kier molecular flexibility index (Phi) is 5.16. The number of hydrogen-bond acceptors (Lipinski definition) is 4. The van der Waals surface area contributed by atoms with E-state index in [9.17, 15) is 4.79 Å². The van der Waals surface area contributed by atoms with Crippen molar-refractivity contribution in [1.29, 1.82) is 0 Å². The largest absolute Gasteiger partial charge is 0.497 e. The maximum absolute atomic E-state index is 11.8. The number of nitrogens with two attached hydrogens (primary N) is 1. The van der Waals surface area contributed by atoms with Crippen molar-refractivity contribution in [2.24, 2.45) is 17.6 Å². The van der Waals surface area contributed by atoms with E-state index >= 15 is 0 Å². The molecule has 1 rings (SSSR count). The lowest BCUT2D eigenvalue weighted by Gasteiger charge is -2.25. The van der Waals surface area contributed by atoms with Gasteiger partial charge in [-0.05, 0) is 23.6 Å². The van der Waals surface area contributed by atoms with Gasteiger partial charge < -0.3 is 15.2 Å². The van der Waals surface area contributed by atoms with Crippen LogP contribution in [0.3, 0.4) is 0 Å². The van der Waals surface area contributed by atoms with Gasteiger partial charge in [-0.25, -0.2) is 0 Å². The predicted octanol–water partition coefficient (Wildman–Crippen LogP) is 2.14. The quantitative estimate of drug-likeness (QED) is 0.814. The number of methoxy groups -OCH3 is 2. The molecule has 0 bridgehead atoms. The number of carbonyl (C=O) groups is 1. The van der Waals surface area contributed by atoms with E-state index in [-0.39, 0.29) is 17.8 Å². The number of rotatable bonds is 5. The van der Waals surface area contributed by atoms with Gasteiger partial charge in [0.25, 0.3) is 0 Å². The van der Waals surface area contributed by atoms with E-state index in [4.69, 9.17) is 15.2 Å². The fourth-order valence-corrected chi connectivity index (χ4v) is 2.03. The topological polar surface area (TPSA) is 61.5 Å². The first-order valence-corrected chi connectivity index (χ1v) is 5.98. The maximum atomic E-state index is 11.8. The molecule has 0 radical (unpaired) electrons. The fraction of sp³-hybridized carbons (Fsp3) is 0.500.